The van der Waals surface area contributed by atoms with Crippen LogP contribution in [0.3, 0.4) is 0 Å². The van der Waals surface area contributed by atoms with Crippen LogP contribution >= 0.6 is 0 Å². The van der Waals surface area contributed by atoms with Crippen LogP contribution in [-0.4, -0.2) is 16.7 Å². The lowest BCUT2D eigenvalue weighted by molar-refractivity contribution is 0.0505. The maximum absolute atomic E-state index is 13.4. The lowest BCUT2D eigenvalue weighted by atomic mass is 9.70. The van der Waals surface area contributed by atoms with E-state index in [-0.39, 0.29) is 23.1 Å². The van der Waals surface area contributed by atoms with Crippen molar-refractivity contribution in [2.45, 2.75) is 32.7 Å². The van der Waals surface area contributed by atoms with Gasteiger partial charge in [0.2, 0.25) is 0 Å². The molecule has 0 saturated heterocycles. The Morgan fingerprint density at radius 1 is 0.621 bits per heavy atom. The largest absolute Gasteiger partial charge is 0.269 e. The quantitative estimate of drug-likeness (QED) is 0.530. The highest BCUT2D eigenvalue weighted by molar-refractivity contribution is 6.21. The molecule has 0 aromatic heterocycles. The number of nitrogens with zero attached hydrogens (tertiary/aromatic N) is 1. The van der Waals surface area contributed by atoms with Gasteiger partial charge in [-0.25, -0.2) is 0 Å². The Kier molecular flexibility index (Phi) is 4.83. The summed E-state index contributed by atoms with van der Waals surface area (Å²) in [4.78, 5) is 28.3. The zero-order valence-corrected chi connectivity index (χ0v) is 17.0. The molecule has 0 fully saturated rings. The van der Waals surface area contributed by atoms with Gasteiger partial charge in [0.15, 0.2) is 0 Å². The number of rotatable bonds is 4. The van der Waals surface area contributed by atoms with Gasteiger partial charge < -0.3 is 0 Å². The molecular weight excluding hydrogens is 358 g/mol. The van der Waals surface area contributed by atoms with Crippen LogP contribution in [0, 0.1) is 5.41 Å². The summed E-state index contributed by atoms with van der Waals surface area (Å²) in [5.74, 6) is -0.498. The van der Waals surface area contributed by atoms with Crippen LogP contribution in [0.15, 0.2) is 84.9 Å². The Morgan fingerprint density at radius 2 is 1.03 bits per heavy atom. The summed E-state index contributed by atoms with van der Waals surface area (Å²) < 4.78 is 0. The predicted molar refractivity (Wildman–Crippen MR) is 115 cm³/mol. The summed E-state index contributed by atoms with van der Waals surface area (Å²) in [6.45, 7) is 6.50. The van der Waals surface area contributed by atoms with Crippen molar-refractivity contribution in [3.05, 3.63) is 107 Å². The molecule has 29 heavy (non-hydrogen) atoms. The van der Waals surface area contributed by atoms with Crippen molar-refractivity contribution >= 4 is 11.8 Å². The summed E-state index contributed by atoms with van der Waals surface area (Å²) in [6, 6.07) is 26.8. The van der Waals surface area contributed by atoms with Crippen molar-refractivity contribution in [2.75, 3.05) is 0 Å². The number of hydrogen-bond acceptors (Lipinski definition) is 2. The number of carbonyl (C=O) groups is 2. The second-order valence-corrected chi connectivity index (χ2v) is 8.64. The summed E-state index contributed by atoms with van der Waals surface area (Å²) in [5, 5.41) is 0. The van der Waals surface area contributed by atoms with E-state index in [1.54, 1.807) is 12.1 Å². The minimum absolute atomic E-state index is 0.0617. The lowest BCUT2D eigenvalue weighted by Crippen LogP contribution is -2.41. The highest BCUT2D eigenvalue weighted by atomic mass is 16.2. The molecule has 0 radical (unpaired) electrons. The van der Waals surface area contributed by atoms with Gasteiger partial charge in [-0.3, -0.25) is 14.5 Å². The van der Waals surface area contributed by atoms with E-state index in [1.807, 2.05) is 60.7 Å². The summed E-state index contributed by atoms with van der Waals surface area (Å²) in [7, 11) is 0. The Balaban J connectivity index is 1.92. The van der Waals surface area contributed by atoms with Gasteiger partial charge in [0.1, 0.15) is 0 Å². The average Bonchev–Trinajstić information content (AvgIpc) is 2.97. The van der Waals surface area contributed by atoms with Gasteiger partial charge >= 0.3 is 0 Å². The van der Waals surface area contributed by atoms with Gasteiger partial charge in [0.05, 0.1) is 17.2 Å². The van der Waals surface area contributed by atoms with Crippen LogP contribution in [0.5, 0.6) is 0 Å². The fraction of sp³-hybridized carbons (Fsp3) is 0.231. The zero-order valence-electron chi connectivity index (χ0n) is 17.0. The van der Waals surface area contributed by atoms with Gasteiger partial charge in [-0.15, -0.1) is 0 Å². The molecule has 4 rings (SSSR count). The zero-order chi connectivity index (χ0) is 20.6. The van der Waals surface area contributed by atoms with Crippen LogP contribution < -0.4 is 0 Å². The fourth-order valence-corrected chi connectivity index (χ4v) is 4.42. The predicted octanol–water partition coefficient (Wildman–Crippen LogP) is 5.85. The van der Waals surface area contributed by atoms with E-state index in [0.29, 0.717) is 11.1 Å². The van der Waals surface area contributed by atoms with E-state index < -0.39 is 6.04 Å². The molecule has 0 N–H and O–H groups in total. The first-order valence-corrected chi connectivity index (χ1v) is 9.96. The number of amides is 2. The molecule has 146 valence electrons. The molecule has 1 aliphatic heterocycles. The molecule has 0 bridgehead atoms. The molecule has 2 amide bonds. The van der Waals surface area contributed by atoms with Crippen molar-refractivity contribution in [3.8, 4) is 0 Å². The molecule has 0 saturated carbocycles. The smallest absolute Gasteiger partial charge is 0.262 e. The second-order valence-electron chi connectivity index (χ2n) is 8.64. The monoisotopic (exact) mass is 383 g/mol. The third-order valence-electron chi connectivity index (χ3n) is 5.65. The summed E-state index contributed by atoms with van der Waals surface area (Å²) in [6.07, 6.45) is 0. The number of imide groups is 1. The number of hydrogen-bond donors (Lipinski definition) is 0. The van der Waals surface area contributed by atoms with Gasteiger partial charge in [-0.05, 0) is 28.7 Å². The van der Waals surface area contributed by atoms with Crippen LogP contribution in [-0.2, 0) is 0 Å². The Morgan fingerprint density at radius 3 is 1.48 bits per heavy atom. The number of fused-ring (bicyclic) bond motifs is 1. The van der Waals surface area contributed by atoms with Crippen molar-refractivity contribution in [3.63, 3.8) is 0 Å². The first-order chi connectivity index (χ1) is 13.9. The molecule has 0 spiro atoms. The van der Waals surface area contributed by atoms with E-state index in [9.17, 15) is 9.59 Å². The maximum Gasteiger partial charge on any atom is 0.262 e. The van der Waals surface area contributed by atoms with Crippen molar-refractivity contribution in [1.29, 1.82) is 0 Å². The van der Waals surface area contributed by atoms with E-state index in [0.717, 1.165) is 11.1 Å². The van der Waals surface area contributed by atoms with Gasteiger partial charge in [0, 0.05) is 5.92 Å². The highest BCUT2D eigenvalue weighted by Gasteiger charge is 2.46. The average molecular weight is 383 g/mol. The van der Waals surface area contributed by atoms with Crippen molar-refractivity contribution in [2.24, 2.45) is 5.41 Å². The molecule has 1 heterocycles. The topological polar surface area (TPSA) is 37.4 Å². The van der Waals surface area contributed by atoms with Crippen LogP contribution in [0.25, 0.3) is 0 Å². The molecule has 3 nitrogen and oxygen atoms in total. The number of carbonyl (C=O) groups excluding carboxylic acids is 2. The Labute approximate surface area is 172 Å². The molecule has 2 atom stereocenters. The fourth-order valence-electron chi connectivity index (χ4n) is 4.42. The van der Waals surface area contributed by atoms with E-state index in [1.165, 1.54) is 4.90 Å². The lowest BCUT2D eigenvalue weighted by Gasteiger charge is -2.41. The Bertz CT molecular complexity index is 1000. The van der Waals surface area contributed by atoms with E-state index in [2.05, 4.69) is 32.9 Å². The molecule has 2 unspecified atom stereocenters. The highest BCUT2D eigenvalue weighted by Crippen LogP contribution is 2.48. The summed E-state index contributed by atoms with van der Waals surface area (Å²) >= 11 is 0. The SMILES string of the molecule is CC(C)(C)C(c1ccccc1)C(c1ccccc1)N1C(=O)c2ccccc2C1=O. The maximum atomic E-state index is 13.4. The third kappa shape index (κ3) is 3.38. The molecule has 3 aromatic rings. The molecule has 3 aromatic carbocycles. The van der Waals surface area contributed by atoms with E-state index in [4.69, 9.17) is 0 Å². The molecule has 3 heteroatoms. The van der Waals surface area contributed by atoms with Crippen LogP contribution in [0.4, 0.5) is 0 Å². The second kappa shape index (κ2) is 7.32. The molecule has 0 aliphatic carbocycles. The standard InChI is InChI=1S/C26H25NO2/c1-26(2,3)22(18-12-6-4-7-13-18)23(19-14-8-5-9-15-19)27-24(28)20-16-10-11-17-21(20)25(27)29/h4-17,22-23H,1-3H3. The van der Waals surface area contributed by atoms with Gasteiger partial charge in [-0.2, -0.15) is 0 Å². The number of benzene rings is 3. The third-order valence-corrected chi connectivity index (χ3v) is 5.65. The minimum Gasteiger partial charge on any atom is -0.269 e. The molecule has 1 aliphatic rings. The first-order valence-electron chi connectivity index (χ1n) is 9.96. The van der Waals surface area contributed by atoms with Gasteiger partial charge in [-0.1, -0.05) is 93.6 Å². The van der Waals surface area contributed by atoms with Crippen LogP contribution in [0.1, 0.15) is 64.6 Å². The Hall–Kier alpha value is -3.20. The van der Waals surface area contributed by atoms with E-state index >= 15 is 0 Å². The van der Waals surface area contributed by atoms with Crippen molar-refractivity contribution < 1.29 is 9.59 Å². The first kappa shape index (κ1) is 19.1. The normalized spacial score (nSPS) is 15.9. The van der Waals surface area contributed by atoms with Crippen LogP contribution in [0.2, 0.25) is 0 Å². The minimum atomic E-state index is -0.397. The van der Waals surface area contributed by atoms with Crippen molar-refractivity contribution in [1.82, 2.24) is 4.90 Å². The summed E-state index contributed by atoms with van der Waals surface area (Å²) in [5.41, 5.74) is 2.87. The molecular formula is C26H25NO2. The van der Waals surface area contributed by atoms with Gasteiger partial charge in [0.25, 0.3) is 11.8 Å².